The van der Waals surface area contributed by atoms with E-state index in [1.165, 1.54) is 5.69 Å². The van der Waals surface area contributed by atoms with E-state index in [1.54, 1.807) is 0 Å². The third kappa shape index (κ3) is 3.26. The van der Waals surface area contributed by atoms with Crippen LogP contribution >= 0.6 is 0 Å². The van der Waals surface area contributed by atoms with Gasteiger partial charge in [-0.25, -0.2) is 5.10 Å². The highest BCUT2D eigenvalue weighted by atomic mass is 16.1. The Balaban J connectivity index is 2.18. The number of aryl methyl sites for hydroxylation is 1. The summed E-state index contributed by atoms with van der Waals surface area (Å²) in [4.78, 5) is 14.0. The maximum atomic E-state index is 11.7. The molecular formula is C16H21N3O. The maximum Gasteiger partial charge on any atom is 0.267 e. The molecule has 1 aromatic heterocycles. The molecule has 4 nitrogen and oxygen atoms in total. The number of H-pyrrole nitrogens is 1. The van der Waals surface area contributed by atoms with E-state index < -0.39 is 0 Å². The number of nitrogens with one attached hydrogen (secondary N) is 1. The summed E-state index contributed by atoms with van der Waals surface area (Å²) in [6.45, 7) is 8.18. The van der Waals surface area contributed by atoms with Gasteiger partial charge in [-0.1, -0.05) is 12.1 Å². The Kier molecular flexibility index (Phi) is 4.56. The van der Waals surface area contributed by atoms with Gasteiger partial charge in [-0.05, 0) is 44.5 Å². The van der Waals surface area contributed by atoms with E-state index in [9.17, 15) is 4.79 Å². The lowest BCUT2D eigenvalue weighted by Crippen LogP contribution is -2.21. The first-order valence-electron chi connectivity index (χ1n) is 7.03. The molecular weight excluding hydrogens is 250 g/mol. The summed E-state index contributed by atoms with van der Waals surface area (Å²) in [5.74, 6) is 0. The van der Waals surface area contributed by atoms with Gasteiger partial charge < -0.3 is 4.90 Å². The molecule has 0 atom stereocenters. The van der Waals surface area contributed by atoms with Crippen molar-refractivity contribution < 1.29 is 0 Å². The molecule has 0 unspecified atom stereocenters. The number of nitrogens with zero attached hydrogens (tertiary/aromatic N) is 2. The first-order valence-corrected chi connectivity index (χ1v) is 7.03. The minimum absolute atomic E-state index is 0.108. The molecule has 0 aliphatic carbocycles. The molecule has 2 rings (SSSR count). The van der Waals surface area contributed by atoms with Crippen LogP contribution in [0.25, 0.3) is 0 Å². The number of hydrogen-bond acceptors (Lipinski definition) is 3. The van der Waals surface area contributed by atoms with Gasteiger partial charge in [0.2, 0.25) is 0 Å². The molecule has 2 aromatic rings. The summed E-state index contributed by atoms with van der Waals surface area (Å²) in [5.41, 5.74) is 3.84. The topological polar surface area (TPSA) is 49.0 Å². The van der Waals surface area contributed by atoms with Crippen LogP contribution in [-0.4, -0.2) is 23.3 Å². The summed E-state index contributed by atoms with van der Waals surface area (Å²) in [7, 11) is 0. The zero-order valence-corrected chi connectivity index (χ0v) is 12.3. The molecule has 20 heavy (non-hydrogen) atoms. The van der Waals surface area contributed by atoms with Gasteiger partial charge in [-0.15, -0.1) is 0 Å². The van der Waals surface area contributed by atoms with Crippen LogP contribution in [0.2, 0.25) is 0 Å². The average molecular weight is 271 g/mol. The Labute approximate surface area is 119 Å². The first kappa shape index (κ1) is 14.3. The van der Waals surface area contributed by atoms with Crippen LogP contribution in [-0.2, 0) is 6.42 Å². The van der Waals surface area contributed by atoms with Crippen LogP contribution in [0.1, 0.15) is 30.7 Å². The smallest absolute Gasteiger partial charge is 0.267 e. The van der Waals surface area contributed by atoms with Crippen LogP contribution in [0, 0.1) is 6.92 Å². The molecule has 4 heteroatoms. The molecule has 0 bridgehead atoms. The molecule has 0 radical (unpaired) electrons. The number of aromatic nitrogens is 2. The molecule has 0 spiro atoms. The number of anilines is 1. The quantitative estimate of drug-likeness (QED) is 0.909. The average Bonchev–Trinajstić information content (AvgIpc) is 2.46. The van der Waals surface area contributed by atoms with Crippen LogP contribution in [0.4, 0.5) is 5.69 Å². The third-order valence-corrected chi connectivity index (χ3v) is 3.47. The van der Waals surface area contributed by atoms with E-state index in [1.807, 2.05) is 13.0 Å². The minimum Gasteiger partial charge on any atom is -0.372 e. The summed E-state index contributed by atoms with van der Waals surface area (Å²) in [5, 5.41) is 6.42. The first-order chi connectivity index (χ1) is 9.63. The normalized spacial score (nSPS) is 10.6. The molecule has 0 amide bonds. The van der Waals surface area contributed by atoms with Crippen molar-refractivity contribution >= 4 is 5.69 Å². The molecule has 1 aromatic carbocycles. The second-order valence-electron chi connectivity index (χ2n) is 4.88. The Morgan fingerprint density at radius 1 is 1.15 bits per heavy atom. The number of aromatic amines is 1. The van der Waals surface area contributed by atoms with E-state index in [4.69, 9.17) is 0 Å². The molecule has 0 fully saturated rings. The SMILES string of the molecule is CCN(CC)c1ccc(Cc2cc(C)n[nH]c2=O)cc1. The largest absolute Gasteiger partial charge is 0.372 e. The number of hydrogen-bond donors (Lipinski definition) is 1. The fraction of sp³-hybridized carbons (Fsp3) is 0.375. The lowest BCUT2D eigenvalue weighted by atomic mass is 10.1. The van der Waals surface area contributed by atoms with E-state index in [0.717, 1.165) is 29.9 Å². The number of rotatable bonds is 5. The predicted octanol–water partition coefficient (Wildman–Crippen LogP) is 2.52. The van der Waals surface area contributed by atoms with Crippen molar-refractivity contribution in [3.8, 4) is 0 Å². The molecule has 106 valence electrons. The van der Waals surface area contributed by atoms with Crippen molar-refractivity contribution in [1.82, 2.24) is 10.2 Å². The van der Waals surface area contributed by atoms with Crippen LogP contribution < -0.4 is 10.5 Å². The summed E-state index contributed by atoms with van der Waals surface area (Å²) < 4.78 is 0. The van der Waals surface area contributed by atoms with Gasteiger partial charge in [0, 0.05) is 30.8 Å². The lowest BCUT2D eigenvalue weighted by molar-refractivity contribution is 0.865. The van der Waals surface area contributed by atoms with Crippen LogP contribution in [0.15, 0.2) is 35.1 Å². The zero-order valence-electron chi connectivity index (χ0n) is 12.3. The Morgan fingerprint density at radius 3 is 2.40 bits per heavy atom. The lowest BCUT2D eigenvalue weighted by Gasteiger charge is -2.21. The fourth-order valence-corrected chi connectivity index (χ4v) is 2.33. The van der Waals surface area contributed by atoms with E-state index in [-0.39, 0.29) is 5.56 Å². The highest BCUT2D eigenvalue weighted by Crippen LogP contribution is 2.16. The van der Waals surface area contributed by atoms with Crippen molar-refractivity contribution in [1.29, 1.82) is 0 Å². The Hall–Kier alpha value is -2.10. The molecule has 0 aliphatic rings. The van der Waals surface area contributed by atoms with Gasteiger partial charge in [0.25, 0.3) is 5.56 Å². The Morgan fingerprint density at radius 2 is 1.80 bits per heavy atom. The van der Waals surface area contributed by atoms with E-state index in [0.29, 0.717) is 6.42 Å². The molecule has 0 aliphatic heterocycles. The Bertz CT molecular complexity index is 612. The van der Waals surface area contributed by atoms with Crippen molar-refractivity contribution in [3.63, 3.8) is 0 Å². The van der Waals surface area contributed by atoms with Crippen molar-refractivity contribution in [2.75, 3.05) is 18.0 Å². The van der Waals surface area contributed by atoms with Gasteiger partial charge >= 0.3 is 0 Å². The van der Waals surface area contributed by atoms with Gasteiger partial charge in [0.15, 0.2) is 0 Å². The second kappa shape index (κ2) is 6.37. The standard InChI is InChI=1S/C16H21N3O/c1-4-19(5-2)15-8-6-13(7-9-15)11-14-10-12(3)17-18-16(14)20/h6-10H,4-5,11H2,1-3H3,(H,18,20). The highest BCUT2D eigenvalue weighted by molar-refractivity contribution is 5.47. The molecule has 0 saturated carbocycles. The van der Waals surface area contributed by atoms with E-state index >= 15 is 0 Å². The van der Waals surface area contributed by atoms with Crippen molar-refractivity contribution in [2.24, 2.45) is 0 Å². The monoisotopic (exact) mass is 271 g/mol. The van der Waals surface area contributed by atoms with Gasteiger partial charge in [0.05, 0.1) is 5.69 Å². The zero-order chi connectivity index (χ0) is 14.5. The van der Waals surface area contributed by atoms with Gasteiger partial charge in [-0.2, -0.15) is 5.10 Å². The predicted molar refractivity (Wildman–Crippen MR) is 82.4 cm³/mol. The second-order valence-corrected chi connectivity index (χ2v) is 4.88. The molecule has 1 heterocycles. The fourth-order valence-electron chi connectivity index (χ4n) is 2.33. The summed E-state index contributed by atoms with van der Waals surface area (Å²) >= 11 is 0. The van der Waals surface area contributed by atoms with Crippen LogP contribution in [0.5, 0.6) is 0 Å². The van der Waals surface area contributed by atoms with Gasteiger partial charge in [0.1, 0.15) is 0 Å². The minimum atomic E-state index is -0.108. The number of benzene rings is 1. The summed E-state index contributed by atoms with van der Waals surface area (Å²) in [6.07, 6.45) is 0.636. The van der Waals surface area contributed by atoms with E-state index in [2.05, 4.69) is 53.2 Å². The van der Waals surface area contributed by atoms with Gasteiger partial charge in [-0.3, -0.25) is 4.79 Å². The van der Waals surface area contributed by atoms with Crippen LogP contribution in [0.3, 0.4) is 0 Å². The molecule has 0 saturated heterocycles. The summed E-state index contributed by atoms with van der Waals surface area (Å²) in [6, 6.07) is 10.2. The maximum absolute atomic E-state index is 11.7. The highest BCUT2D eigenvalue weighted by Gasteiger charge is 2.05. The molecule has 1 N–H and O–H groups in total. The third-order valence-electron chi connectivity index (χ3n) is 3.47. The van der Waals surface area contributed by atoms with Crippen molar-refractivity contribution in [3.05, 3.63) is 57.5 Å². The van der Waals surface area contributed by atoms with Crippen molar-refractivity contribution in [2.45, 2.75) is 27.2 Å².